The van der Waals surface area contributed by atoms with Crippen molar-refractivity contribution in [3.05, 3.63) is 0 Å². The fourth-order valence-corrected chi connectivity index (χ4v) is 0.671. The molecule has 0 aliphatic heterocycles. The van der Waals surface area contributed by atoms with Crippen LogP contribution in [0.2, 0.25) is 0 Å². The zero-order chi connectivity index (χ0) is 14.1. The van der Waals surface area contributed by atoms with Crippen molar-refractivity contribution in [1.82, 2.24) is 0 Å². The lowest BCUT2D eigenvalue weighted by atomic mass is 12.0. The Balaban J connectivity index is 4.59. The molecule has 0 aliphatic carbocycles. The zero-order valence-electron chi connectivity index (χ0n) is 8.79. The lowest BCUT2D eigenvalue weighted by molar-refractivity contribution is -1.58. The second kappa shape index (κ2) is 4.53. The van der Waals surface area contributed by atoms with Gasteiger partial charge >= 0.3 is 0 Å². The number of hydrogen-bond acceptors (Lipinski definition) is 13. The van der Waals surface area contributed by atoms with Gasteiger partial charge in [-0.1, -0.05) is 23.4 Å². The van der Waals surface area contributed by atoms with Crippen molar-refractivity contribution in [2.45, 2.75) is 0 Å². The Morgan fingerprint density at radius 3 is 0.824 bits per heavy atom. The van der Waals surface area contributed by atoms with E-state index in [0.717, 1.165) is 0 Å². The fourth-order valence-electron chi connectivity index (χ4n) is 0.671. The van der Waals surface area contributed by atoms with E-state index in [1.807, 2.05) is 0 Å². The van der Waals surface area contributed by atoms with Crippen LogP contribution in [0.5, 0.6) is 0 Å². The van der Waals surface area contributed by atoms with Crippen LogP contribution in [0.25, 0.3) is 0 Å². The molecule has 0 aromatic carbocycles. The van der Waals surface area contributed by atoms with Crippen LogP contribution in [-0.2, 0) is 14.8 Å². The van der Waals surface area contributed by atoms with Crippen molar-refractivity contribution in [2.24, 2.45) is 58.4 Å². The molecule has 0 saturated carbocycles. The second-order valence-electron chi connectivity index (χ2n) is 3.06. The summed E-state index contributed by atoms with van der Waals surface area (Å²) in [6.07, 6.45) is 0. The van der Waals surface area contributed by atoms with E-state index in [1.54, 1.807) is 0 Å². The van der Waals surface area contributed by atoms with E-state index >= 15 is 0 Å². The highest BCUT2D eigenvalue weighted by atomic mass is 17.3. The number of nitrogens with zero attached hydrogens (tertiary/aromatic N) is 4. The van der Waals surface area contributed by atoms with Crippen LogP contribution in [0.1, 0.15) is 0 Å². The third-order valence-corrected chi connectivity index (χ3v) is 0.793. The summed E-state index contributed by atoms with van der Waals surface area (Å²) < 4.78 is 0. The highest BCUT2D eigenvalue weighted by Crippen LogP contribution is 2.03. The summed E-state index contributed by atoms with van der Waals surface area (Å²) in [4.78, 5) is 9.82. The quantitative estimate of drug-likeness (QED) is 0.121. The smallest absolute Gasteiger partial charge is 0.102 e. The lowest BCUT2D eigenvalue weighted by Gasteiger charge is -2.25. The largest absolute Gasteiger partial charge is 0.225 e. The van der Waals surface area contributed by atoms with Crippen molar-refractivity contribution in [1.29, 1.82) is 0 Å². The summed E-state index contributed by atoms with van der Waals surface area (Å²) in [5.41, 5.74) is 0. The first-order valence-corrected chi connectivity index (χ1v) is 3.68. The number of nitrogens with two attached hydrogens (primary N) is 10. The van der Waals surface area contributed by atoms with E-state index in [1.165, 1.54) is 0 Å². The van der Waals surface area contributed by atoms with E-state index in [-0.39, 0.29) is 0 Å². The summed E-state index contributed by atoms with van der Waals surface area (Å²) in [5.74, 6) is 50.4. The molecular formula is H20N14O3+4. The standard InChI is InChI=1S/H20N14O3/c1-11(2,3)15-13(7,8)17-14(9,10)16-12(4,5)6/h1-10H2/q+4. The Morgan fingerprint density at radius 1 is 0.412 bits per heavy atom. The van der Waals surface area contributed by atoms with Gasteiger partial charge in [0.05, 0.1) is 9.95 Å². The van der Waals surface area contributed by atoms with Crippen LogP contribution < -0.4 is 58.4 Å². The monoisotopic (exact) mass is 264 g/mol. The maximum Gasteiger partial charge on any atom is 0.225 e. The van der Waals surface area contributed by atoms with Gasteiger partial charge in [0.1, 0.15) is 9.88 Å². The van der Waals surface area contributed by atoms with E-state index < -0.39 is 20.0 Å². The average molecular weight is 264 g/mol. The normalized spacial score (nSPS) is 15.2. The van der Waals surface area contributed by atoms with Gasteiger partial charge < -0.3 is 0 Å². The third kappa shape index (κ3) is 9.06. The van der Waals surface area contributed by atoms with Gasteiger partial charge in [-0.05, 0) is 0 Å². The Bertz CT molecular complexity index is 215. The molecule has 0 aromatic rings. The molecule has 0 saturated heterocycles. The lowest BCUT2D eigenvalue weighted by Crippen LogP contribution is -2.82. The van der Waals surface area contributed by atoms with Crippen molar-refractivity contribution in [2.75, 3.05) is 0 Å². The topological polar surface area (TPSA) is 288 Å². The zero-order valence-corrected chi connectivity index (χ0v) is 8.79. The van der Waals surface area contributed by atoms with E-state index in [0.29, 0.717) is 0 Å². The van der Waals surface area contributed by atoms with Crippen LogP contribution >= 0.6 is 0 Å². The first kappa shape index (κ1) is 16.3. The minimum atomic E-state index is -1.86. The van der Waals surface area contributed by atoms with E-state index in [9.17, 15) is 0 Å². The molecule has 0 unspecified atom stereocenters. The Labute approximate surface area is 94.4 Å². The van der Waals surface area contributed by atoms with Crippen LogP contribution in [0.3, 0.4) is 0 Å². The summed E-state index contributed by atoms with van der Waals surface area (Å²) in [6.45, 7) is 0. The van der Waals surface area contributed by atoms with Crippen LogP contribution in [0.15, 0.2) is 0 Å². The Hall–Kier alpha value is -0.680. The molecular weight excluding hydrogens is 244 g/mol. The average Bonchev–Trinajstić information content (AvgIpc) is 1.65. The molecule has 0 aliphatic rings. The molecule has 0 spiro atoms. The van der Waals surface area contributed by atoms with Gasteiger partial charge in [0.2, 0.25) is 10.1 Å². The second-order valence-corrected chi connectivity index (χ2v) is 3.06. The van der Waals surface area contributed by atoms with E-state index in [4.69, 9.17) is 58.4 Å². The maximum atomic E-state index is 5.14. The molecule has 104 valence electrons. The first-order valence-electron chi connectivity index (χ1n) is 3.68. The van der Waals surface area contributed by atoms with Gasteiger partial charge in [0.15, 0.2) is 4.94 Å². The fraction of sp³-hybridized carbons (Fsp3) is 0. The minimum absolute atomic E-state index is 1.62. The van der Waals surface area contributed by atoms with Gasteiger partial charge in [-0.25, -0.2) is 0 Å². The van der Waals surface area contributed by atoms with Crippen molar-refractivity contribution in [3.8, 4) is 0 Å². The molecule has 17 heavy (non-hydrogen) atoms. The Kier molecular flexibility index (Phi) is 4.35. The molecule has 0 fully saturated rings. The molecule has 0 aromatic heterocycles. The number of hydrogen-bond donors (Lipinski definition) is 10. The minimum Gasteiger partial charge on any atom is -0.102 e. The molecule has 17 heteroatoms. The van der Waals surface area contributed by atoms with Gasteiger partial charge in [-0.2, -0.15) is 0 Å². The van der Waals surface area contributed by atoms with Gasteiger partial charge in [-0.3, -0.25) is 0 Å². The molecule has 17 nitrogen and oxygen atoms in total. The molecule has 0 amide bonds. The van der Waals surface area contributed by atoms with Crippen molar-refractivity contribution < 1.29 is 34.8 Å². The predicted octanol–water partition coefficient (Wildman–Crippen LogP) is -7.47. The van der Waals surface area contributed by atoms with Crippen LogP contribution in [0, 0.1) is 0 Å². The SMILES string of the molecule is N[N+](N)(N)O[N+](N)(N)O[N+](N)(N)O[N+](N)(N)N. The van der Waals surface area contributed by atoms with Crippen LogP contribution in [-0.4, -0.2) is 20.0 Å². The van der Waals surface area contributed by atoms with Crippen LogP contribution in [0.4, 0.5) is 0 Å². The molecule has 0 rings (SSSR count). The van der Waals surface area contributed by atoms with Crippen molar-refractivity contribution in [3.63, 3.8) is 0 Å². The number of quaternary nitrogens is 4. The highest BCUT2D eigenvalue weighted by Gasteiger charge is 2.51. The maximum absolute atomic E-state index is 5.14. The highest BCUT2D eigenvalue weighted by molar-refractivity contribution is 3.52. The summed E-state index contributed by atoms with van der Waals surface area (Å²) in [7, 11) is 0. The predicted molar refractivity (Wildman–Crippen MR) is 46.2 cm³/mol. The molecule has 0 bridgehead atoms. The Morgan fingerprint density at radius 2 is 0.647 bits per heavy atom. The number of rotatable bonds is 6. The van der Waals surface area contributed by atoms with Gasteiger partial charge in [0.25, 0.3) is 0 Å². The summed E-state index contributed by atoms with van der Waals surface area (Å²) in [6, 6.07) is 0. The first-order chi connectivity index (χ1) is 7.12. The molecule has 0 radical (unpaired) electrons. The van der Waals surface area contributed by atoms with Gasteiger partial charge in [-0.15, -0.1) is 35.1 Å². The molecule has 0 heterocycles. The summed E-state index contributed by atoms with van der Waals surface area (Å²) >= 11 is 0. The molecule has 0 atom stereocenters. The van der Waals surface area contributed by atoms with Crippen molar-refractivity contribution >= 4 is 0 Å². The third-order valence-electron chi connectivity index (χ3n) is 0.793. The van der Waals surface area contributed by atoms with Gasteiger partial charge in [0, 0.05) is 0 Å². The molecule has 20 N–H and O–H groups in total. The summed E-state index contributed by atoms with van der Waals surface area (Å²) in [5, 5.41) is -3.73. The van der Waals surface area contributed by atoms with E-state index in [2.05, 4.69) is 14.8 Å².